The molecule has 154 valence electrons. The van der Waals surface area contributed by atoms with Crippen molar-refractivity contribution in [1.82, 2.24) is 14.3 Å². The topological polar surface area (TPSA) is 81.0 Å². The molecule has 1 saturated heterocycles. The summed E-state index contributed by atoms with van der Waals surface area (Å²) in [5.41, 5.74) is 2.58. The quantitative estimate of drug-likeness (QED) is 0.610. The number of likely N-dealkylation sites (tertiary alicyclic amines) is 1. The number of amides is 1. The molecule has 4 rings (SSSR count). The van der Waals surface area contributed by atoms with E-state index in [0.29, 0.717) is 17.9 Å². The van der Waals surface area contributed by atoms with E-state index in [-0.39, 0.29) is 30.5 Å². The van der Waals surface area contributed by atoms with E-state index in [1.54, 1.807) is 17.2 Å². The third kappa shape index (κ3) is 3.83. The van der Waals surface area contributed by atoms with E-state index in [4.69, 9.17) is 4.74 Å². The van der Waals surface area contributed by atoms with Gasteiger partial charge in [0.2, 0.25) is 5.91 Å². The highest BCUT2D eigenvalue weighted by molar-refractivity contribution is 5.87. The van der Waals surface area contributed by atoms with E-state index in [1.165, 1.54) is 10.5 Å². The lowest BCUT2D eigenvalue weighted by Crippen LogP contribution is -2.29. The van der Waals surface area contributed by atoms with Crippen LogP contribution in [-0.4, -0.2) is 32.7 Å². The molecule has 7 nitrogen and oxygen atoms in total. The molecule has 3 aromatic rings. The molecule has 1 aromatic carbocycles. The minimum atomic E-state index is -0.521. The first-order chi connectivity index (χ1) is 14.4. The number of fused-ring (bicyclic) bond motifs is 1. The Balaban J connectivity index is 1.43. The highest BCUT2D eigenvalue weighted by atomic mass is 16.5. The maximum Gasteiger partial charge on any atom is 0.311 e. The van der Waals surface area contributed by atoms with Crippen LogP contribution in [0.15, 0.2) is 59.5 Å². The summed E-state index contributed by atoms with van der Waals surface area (Å²) < 4.78 is 6.87. The maximum atomic E-state index is 12.6. The van der Waals surface area contributed by atoms with Crippen LogP contribution in [0.3, 0.4) is 0 Å². The SMILES string of the molecule is Cc1cccn2c(=O)cc(COC(=O)[C@H]3CC(=O)N([C@H](C)c4ccccc4)C3)nc12. The Bertz CT molecular complexity index is 1160. The van der Waals surface area contributed by atoms with Crippen LogP contribution in [0.4, 0.5) is 0 Å². The van der Waals surface area contributed by atoms with Gasteiger partial charge in [-0.15, -0.1) is 0 Å². The third-order valence-corrected chi connectivity index (χ3v) is 5.54. The molecule has 0 N–H and O–H groups in total. The van der Waals surface area contributed by atoms with Gasteiger partial charge in [0, 0.05) is 25.2 Å². The van der Waals surface area contributed by atoms with E-state index in [1.807, 2.05) is 50.2 Å². The van der Waals surface area contributed by atoms with Crippen LogP contribution in [0.1, 0.15) is 36.2 Å². The van der Waals surface area contributed by atoms with Crippen molar-refractivity contribution in [3.63, 3.8) is 0 Å². The maximum absolute atomic E-state index is 12.6. The van der Waals surface area contributed by atoms with Gasteiger partial charge in [0.1, 0.15) is 12.3 Å². The second-order valence-corrected chi connectivity index (χ2v) is 7.61. The van der Waals surface area contributed by atoms with Crippen LogP contribution >= 0.6 is 0 Å². The fraction of sp³-hybridized carbons (Fsp3) is 0.304. The number of esters is 1. The summed E-state index contributed by atoms with van der Waals surface area (Å²) in [6, 6.07) is 14.6. The molecule has 30 heavy (non-hydrogen) atoms. The molecule has 0 aliphatic carbocycles. The molecule has 1 aliphatic rings. The second-order valence-electron chi connectivity index (χ2n) is 7.61. The van der Waals surface area contributed by atoms with Crippen LogP contribution in [0.25, 0.3) is 5.65 Å². The van der Waals surface area contributed by atoms with Crippen molar-refractivity contribution in [1.29, 1.82) is 0 Å². The van der Waals surface area contributed by atoms with E-state index in [0.717, 1.165) is 11.1 Å². The number of nitrogens with zero attached hydrogens (tertiary/aromatic N) is 3. The Labute approximate surface area is 173 Å². The molecule has 1 fully saturated rings. The second kappa shape index (κ2) is 8.10. The van der Waals surface area contributed by atoms with Crippen LogP contribution in [0.5, 0.6) is 0 Å². The Hall–Kier alpha value is -3.48. The Morgan fingerprint density at radius 3 is 2.73 bits per heavy atom. The molecule has 3 heterocycles. The summed E-state index contributed by atoms with van der Waals surface area (Å²) in [6.45, 7) is 4.04. The molecule has 7 heteroatoms. The Kier molecular flexibility index (Phi) is 5.35. The number of ether oxygens (including phenoxy) is 1. The highest BCUT2D eigenvalue weighted by Crippen LogP contribution is 2.29. The lowest BCUT2D eigenvalue weighted by atomic mass is 10.1. The number of aryl methyl sites for hydroxylation is 1. The molecular formula is C23H23N3O4. The largest absolute Gasteiger partial charge is 0.459 e. The zero-order valence-corrected chi connectivity index (χ0v) is 16.9. The summed E-state index contributed by atoms with van der Waals surface area (Å²) in [5.74, 6) is -1.03. The number of pyridine rings is 1. The van der Waals surface area contributed by atoms with Crippen LogP contribution in [-0.2, 0) is 20.9 Å². The van der Waals surface area contributed by atoms with Crippen LogP contribution < -0.4 is 5.56 Å². The standard InChI is InChI=1S/C23H23N3O4/c1-15-7-6-10-25-21(28)12-19(24-22(15)25)14-30-23(29)18-11-20(27)26(13-18)16(2)17-8-4-3-5-9-17/h3-10,12,16,18H,11,13-14H2,1-2H3/t16-,18+/m1/s1. The zero-order chi connectivity index (χ0) is 21.3. The predicted octanol–water partition coefficient (Wildman–Crippen LogP) is 2.66. The first-order valence-corrected chi connectivity index (χ1v) is 9.93. The van der Waals surface area contributed by atoms with E-state index >= 15 is 0 Å². The van der Waals surface area contributed by atoms with E-state index < -0.39 is 11.9 Å². The lowest BCUT2D eigenvalue weighted by Gasteiger charge is -2.25. The van der Waals surface area contributed by atoms with Gasteiger partial charge in [-0.05, 0) is 31.0 Å². The molecule has 0 unspecified atom stereocenters. The number of rotatable bonds is 5. The first-order valence-electron chi connectivity index (χ1n) is 9.93. The van der Waals surface area contributed by atoms with E-state index in [2.05, 4.69) is 4.98 Å². The zero-order valence-electron chi connectivity index (χ0n) is 16.9. The number of carbonyl (C=O) groups excluding carboxylic acids is 2. The van der Waals surface area contributed by atoms with Gasteiger partial charge in [0.15, 0.2) is 0 Å². The number of hydrogen-bond acceptors (Lipinski definition) is 5. The van der Waals surface area contributed by atoms with Crippen LogP contribution in [0.2, 0.25) is 0 Å². The number of hydrogen-bond donors (Lipinski definition) is 0. The van der Waals surface area contributed by atoms with Crippen molar-refractivity contribution in [2.75, 3.05) is 6.54 Å². The smallest absolute Gasteiger partial charge is 0.311 e. The summed E-state index contributed by atoms with van der Waals surface area (Å²) in [7, 11) is 0. The number of aromatic nitrogens is 2. The van der Waals surface area contributed by atoms with Gasteiger partial charge in [0.05, 0.1) is 17.7 Å². The number of benzene rings is 1. The Morgan fingerprint density at radius 1 is 1.20 bits per heavy atom. The van der Waals surface area contributed by atoms with Crippen molar-refractivity contribution in [3.05, 3.63) is 81.9 Å². The fourth-order valence-electron chi connectivity index (χ4n) is 3.82. The van der Waals surface area contributed by atoms with Crippen molar-refractivity contribution in [2.24, 2.45) is 5.92 Å². The van der Waals surface area contributed by atoms with Crippen molar-refractivity contribution < 1.29 is 14.3 Å². The summed E-state index contributed by atoms with van der Waals surface area (Å²) >= 11 is 0. The third-order valence-electron chi connectivity index (χ3n) is 5.54. The summed E-state index contributed by atoms with van der Waals surface area (Å²) in [4.78, 5) is 43.5. The molecule has 0 saturated carbocycles. The van der Waals surface area contributed by atoms with Crippen molar-refractivity contribution in [3.8, 4) is 0 Å². The molecule has 2 atom stereocenters. The molecule has 1 amide bonds. The van der Waals surface area contributed by atoms with Crippen LogP contribution in [0, 0.1) is 12.8 Å². The molecule has 0 spiro atoms. The van der Waals surface area contributed by atoms with Gasteiger partial charge in [-0.1, -0.05) is 36.4 Å². The molecule has 0 radical (unpaired) electrons. The van der Waals surface area contributed by atoms with Crippen molar-refractivity contribution >= 4 is 17.5 Å². The first kappa shape index (κ1) is 19.8. The Morgan fingerprint density at radius 2 is 1.97 bits per heavy atom. The summed E-state index contributed by atoms with van der Waals surface area (Å²) in [5, 5.41) is 0. The van der Waals surface area contributed by atoms with E-state index in [9.17, 15) is 14.4 Å². The van der Waals surface area contributed by atoms with Gasteiger partial charge in [-0.2, -0.15) is 0 Å². The average molecular weight is 405 g/mol. The van der Waals surface area contributed by atoms with Gasteiger partial charge >= 0.3 is 5.97 Å². The average Bonchev–Trinajstić information content (AvgIpc) is 3.14. The molecule has 0 bridgehead atoms. The molecule has 2 aromatic heterocycles. The van der Waals surface area contributed by atoms with Gasteiger partial charge in [0.25, 0.3) is 5.56 Å². The highest BCUT2D eigenvalue weighted by Gasteiger charge is 2.37. The van der Waals surface area contributed by atoms with Gasteiger partial charge < -0.3 is 9.64 Å². The summed E-state index contributed by atoms with van der Waals surface area (Å²) in [6.07, 6.45) is 1.78. The molecule has 1 aliphatic heterocycles. The van der Waals surface area contributed by atoms with Gasteiger partial charge in [-0.3, -0.25) is 18.8 Å². The minimum Gasteiger partial charge on any atom is -0.459 e. The minimum absolute atomic E-state index is 0.0639. The molecular weight excluding hydrogens is 382 g/mol. The monoisotopic (exact) mass is 405 g/mol. The van der Waals surface area contributed by atoms with Gasteiger partial charge in [-0.25, -0.2) is 4.98 Å². The number of carbonyl (C=O) groups is 2. The van der Waals surface area contributed by atoms with Crippen molar-refractivity contribution in [2.45, 2.75) is 32.9 Å². The lowest BCUT2D eigenvalue weighted by molar-refractivity contribution is -0.149. The predicted molar refractivity (Wildman–Crippen MR) is 111 cm³/mol. The normalized spacial score (nSPS) is 17.3. The fourth-order valence-corrected chi connectivity index (χ4v) is 3.82.